The molecule has 3 rings (SSSR count). The minimum absolute atomic E-state index is 0.0426. The lowest BCUT2D eigenvalue weighted by molar-refractivity contribution is -0.137. The van der Waals surface area contributed by atoms with Crippen molar-refractivity contribution < 1.29 is 26.4 Å². The first-order valence-corrected chi connectivity index (χ1v) is 10.8. The summed E-state index contributed by atoms with van der Waals surface area (Å²) in [6.45, 7) is 4.10. The van der Waals surface area contributed by atoms with Crippen LogP contribution in [0.3, 0.4) is 0 Å². The second-order valence-corrected chi connectivity index (χ2v) is 9.80. The molecule has 0 spiro atoms. The molecule has 1 N–H and O–H groups in total. The van der Waals surface area contributed by atoms with Crippen LogP contribution in [0, 0.1) is 0 Å². The van der Waals surface area contributed by atoms with Gasteiger partial charge in [-0.1, -0.05) is 0 Å². The van der Waals surface area contributed by atoms with E-state index in [4.69, 9.17) is 0 Å². The zero-order valence-corrected chi connectivity index (χ0v) is 16.3. The number of nitrogens with one attached hydrogen (secondary N) is 1. The third-order valence-corrected chi connectivity index (χ3v) is 6.99. The van der Waals surface area contributed by atoms with Crippen molar-refractivity contribution in [3.8, 4) is 0 Å². The van der Waals surface area contributed by atoms with Gasteiger partial charge in [-0.2, -0.15) is 13.2 Å². The number of halogens is 3. The number of anilines is 1. The van der Waals surface area contributed by atoms with E-state index in [0.29, 0.717) is 38.4 Å². The van der Waals surface area contributed by atoms with Crippen LogP contribution in [0.25, 0.3) is 0 Å². The normalized spacial score (nSPS) is 25.6. The van der Waals surface area contributed by atoms with E-state index in [1.807, 2.05) is 9.80 Å². The van der Waals surface area contributed by atoms with Crippen LogP contribution in [0.1, 0.15) is 18.9 Å². The molecule has 28 heavy (non-hydrogen) atoms. The SMILES string of the molecule is C[C@]1(NC(=O)CN2CCN(c3ccc(C(F)(F)F)cn3)CC2)CCS(=O)(=O)C1. The largest absolute Gasteiger partial charge is 0.417 e. The van der Waals surface area contributed by atoms with Crippen molar-refractivity contribution in [1.82, 2.24) is 15.2 Å². The number of amides is 1. The van der Waals surface area contributed by atoms with Gasteiger partial charge < -0.3 is 10.2 Å². The molecule has 156 valence electrons. The number of carbonyl (C=O) groups is 1. The van der Waals surface area contributed by atoms with Crippen molar-refractivity contribution in [3.63, 3.8) is 0 Å². The molecule has 2 aliphatic rings. The molecule has 2 fully saturated rings. The van der Waals surface area contributed by atoms with Crippen molar-refractivity contribution in [1.29, 1.82) is 0 Å². The number of hydrogen-bond acceptors (Lipinski definition) is 6. The molecule has 1 aromatic rings. The van der Waals surface area contributed by atoms with Gasteiger partial charge in [-0.05, 0) is 25.5 Å². The molecule has 2 aliphatic heterocycles. The smallest absolute Gasteiger partial charge is 0.354 e. The maximum Gasteiger partial charge on any atom is 0.417 e. The average Bonchev–Trinajstić information content (AvgIpc) is 2.87. The summed E-state index contributed by atoms with van der Waals surface area (Å²) >= 11 is 0. The zero-order chi connectivity index (χ0) is 20.6. The van der Waals surface area contributed by atoms with Crippen LogP contribution in [-0.2, 0) is 20.8 Å². The van der Waals surface area contributed by atoms with Gasteiger partial charge in [0.1, 0.15) is 5.82 Å². The van der Waals surface area contributed by atoms with E-state index >= 15 is 0 Å². The molecule has 11 heteroatoms. The van der Waals surface area contributed by atoms with Crippen LogP contribution in [0.5, 0.6) is 0 Å². The molecule has 0 radical (unpaired) electrons. The van der Waals surface area contributed by atoms with E-state index in [-0.39, 0.29) is 24.0 Å². The van der Waals surface area contributed by atoms with Crippen LogP contribution >= 0.6 is 0 Å². The molecule has 2 saturated heterocycles. The highest BCUT2D eigenvalue weighted by molar-refractivity contribution is 7.91. The van der Waals surface area contributed by atoms with E-state index in [1.165, 1.54) is 6.07 Å². The first kappa shape index (κ1) is 20.8. The fourth-order valence-electron chi connectivity index (χ4n) is 3.56. The molecular weight excluding hydrogens is 397 g/mol. The molecule has 7 nitrogen and oxygen atoms in total. The predicted octanol–water partition coefficient (Wildman–Crippen LogP) is 0.916. The van der Waals surface area contributed by atoms with Gasteiger partial charge in [0.2, 0.25) is 5.91 Å². The third-order valence-electron chi connectivity index (χ3n) is 5.08. The van der Waals surface area contributed by atoms with Crippen molar-refractivity contribution in [3.05, 3.63) is 23.9 Å². The highest BCUT2D eigenvalue weighted by Crippen LogP contribution is 2.29. The number of aromatic nitrogens is 1. The number of alkyl halides is 3. The van der Waals surface area contributed by atoms with E-state index in [9.17, 15) is 26.4 Å². The Hall–Kier alpha value is -1.88. The first-order chi connectivity index (χ1) is 13.0. The van der Waals surface area contributed by atoms with Crippen molar-refractivity contribution in [2.24, 2.45) is 0 Å². The molecule has 1 aromatic heterocycles. The predicted molar refractivity (Wildman–Crippen MR) is 97.7 cm³/mol. The Morgan fingerprint density at radius 3 is 2.43 bits per heavy atom. The minimum Gasteiger partial charge on any atom is -0.354 e. The van der Waals surface area contributed by atoms with Crippen LogP contribution in [0.2, 0.25) is 0 Å². The topological polar surface area (TPSA) is 82.6 Å². The standard InChI is InChI=1S/C17H23F3N4O3S/c1-16(4-9-28(26,27)12-16)22-15(25)11-23-5-7-24(8-6-23)14-3-2-13(10-21-14)17(18,19)20/h2-3,10H,4-9,11-12H2,1H3,(H,22,25)/t16-/m0/s1. The van der Waals surface area contributed by atoms with Crippen LogP contribution < -0.4 is 10.2 Å². The highest BCUT2D eigenvalue weighted by atomic mass is 32.2. The number of pyridine rings is 1. The number of piperazine rings is 1. The highest BCUT2D eigenvalue weighted by Gasteiger charge is 2.39. The number of nitrogens with zero attached hydrogens (tertiary/aromatic N) is 3. The summed E-state index contributed by atoms with van der Waals surface area (Å²) in [7, 11) is -3.10. The second kappa shape index (κ2) is 7.51. The molecule has 0 unspecified atom stereocenters. The van der Waals surface area contributed by atoms with Gasteiger partial charge in [0, 0.05) is 32.4 Å². The van der Waals surface area contributed by atoms with E-state index in [0.717, 1.165) is 12.3 Å². The third kappa shape index (κ3) is 5.13. The van der Waals surface area contributed by atoms with Gasteiger partial charge >= 0.3 is 6.18 Å². The Morgan fingerprint density at radius 2 is 1.93 bits per heavy atom. The molecular formula is C17H23F3N4O3S. The number of sulfone groups is 1. The Balaban J connectivity index is 1.48. The number of carbonyl (C=O) groups excluding carboxylic acids is 1. The molecule has 0 aliphatic carbocycles. The van der Waals surface area contributed by atoms with E-state index < -0.39 is 27.1 Å². The fraction of sp³-hybridized carbons (Fsp3) is 0.647. The lowest BCUT2D eigenvalue weighted by atomic mass is 10.0. The fourth-order valence-corrected chi connectivity index (χ4v) is 5.66. The summed E-state index contributed by atoms with van der Waals surface area (Å²) in [5.74, 6) is 0.295. The van der Waals surface area contributed by atoms with Gasteiger partial charge in [0.25, 0.3) is 0 Å². The van der Waals surface area contributed by atoms with Gasteiger partial charge in [0.15, 0.2) is 9.84 Å². The first-order valence-electron chi connectivity index (χ1n) is 8.98. The molecule has 1 amide bonds. The van der Waals surface area contributed by atoms with Gasteiger partial charge in [-0.25, -0.2) is 13.4 Å². The van der Waals surface area contributed by atoms with Crippen LogP contribution in [0.4, 0.5) is 19.0 Å². The Labute approximate surface area is 161 Å². The van der Waals surface area contributed by atoms with Gasteiger partial charge in [-0.3, -0.25) is 9.69 Å². The number of rotatable bonds is 4. The lowest BCUT2D eigenvalue weighted by Gasteiger charge is -2.35. The maximum absolute atomic E-state index is 12.6. The average molecular weight is 420 g/mol. The Kier molecular flexibility index (Phi) is 5.59. The van der Waals surface area contributed by atoms with Crippen LogP contribution in [-0.4, -0.2) is 74.0 Å². The summed E-state index contributed by atoms with van der Waals surface area (Å²) in [6, 6.07) is 2.37. The Bertz CT molecular complexity index is 821. The molecule has 0 saturated carbocycles. The Morgan fingerprint density at radius 1 is 1.25 bits per heavy atom. The van der Waals surface area contributed by atoms with Crippen molar-refractivity contribution >= 4 is 21.6 Å². The molecule has 3 heterocycles. The molecule has 0 aromatic carbocycles. The van der Waals surface area contributed by atoms with Crippen LogP contribution in [0.15, 0.2) is 18.3 Å². The van der Waals surface area contributed by atoms with Crippen molar-refractivity contribution in [2.45, 2.75) is 25.1 Å². The van der Waals surface area contributed by atoms with E-state index in [2.05, 4.69) is 10.3 Å². The summed E-state index contributed by atoms with van der Waals surface area (Å²) in [5.41, 5.74) is -1.50. The molecule has 0 bridgehead atoms. The zero-order valence-electron chi connectivity index (χ0n) is 15.5. The summed E-state index contributed by atoms with van der Waals surface area (Å²) in [5, 5.41) is 2.83. The summed E-state index contributed by atoms with van der Waals surface area (Å²) in [6.07, 6.45) is -3.17. The minimum atomic E-state index is -4.41. The molecule has 1 atom stereocenters. The second-order valence-electron chi connectivity index (χ2n) is 7.62. The van der Waals surface area contributed by atoms with Gasteiger partial charge in [-0.15, -0.1) is 0 Å². The summed E-state index contributed by atoms with van der Waals surface area (Å²) in [4.78, 5) is 20.0. The summed E-state index contributed by atoms with van der Waals surface area (Å²) < 4.78 is 61.1. The van der Waals surface area contributed by atoms with Gasteiger partial charge in [0.05, 0.1) is 29.2 Å². The van der Waals surface area contributed by atoms with E-state index in [1.54, 1.807) is 6.92 Å². The quantitative estimate of drug-likeness (QED) is 0.780. The monoisotopic (exact) mass is 420 g/mol. The number of hydrogen-bond donors (Lipinski definition) is 1. The van der Waals surface area contributed by atoms with Crippen molar-refractivity contribution in [2.75, 3.05) is 49.1 Å². The lowest BCUT2D eigenvalue weighted by Crippen LogP contribution is -2.53. The maximum atomic E-state index is 12.6.